The van der Waals surface area contributed by atoms with Crippen LogP contribution in [-0.2, 0) is 11.3 Å². The van der Waals surface area contributed by atoms with E-state index in [-0.39, 0.29) is 17.7 Å². The molecule has 0 radical (unpaired) electrons. The number of hydrogen-bond donors (Lipinski definition) is 1. The molecule has 1 N–H and O–H groups in total. The summed E-state index contributed by atoms with van der Waals surface area (Å²) in [6.07, 6.45) is 1.86. The van der Waals surface area contributed by atoms with Crippen LogP contribution in [0.2, 0.25) is 0 Å². The predicted octanol–water partition coefficient (Wildman–Crippen LogP) is 4.75. The van der Waals surface area contributed by atoms with Crippen LogP contribution >= 0.6 is 11.8 Å². The minimum Gasteiger partial charge on any atom is -0.411 e. The number of thioether (sulfide) groups is 1. The van der Waals surface area contributed by atoms with Gasteiger partial charge in [-0.1, -0.05) is 60.3 Å². The van der Waals surface area contributed by atoms with Gasteiger partial charge in [-0.2, -0.15) is 0 Å². The largest absolute Gasteiger partial charge is 0.411 e. The van der Waals surface area contributed by atoms with Crippen LogP contribution in [0, 0.1) is 0 Å². The van der Waals surface area contributed by atoms with Crippen molar-refractivity contribution in [2.75, 3.05) is 5.75 Å². The number of hydrogen-bond acceptors (Lipinski definition) is 5. The Morgan fingerprint density at radius 2 is 1.86 bits per heavy atom. The maximum atomic E-state index is 12.8. The summed E-state index contributed by atoms with van der Waals surface area (Å²) in [5, 5.41) is 9.67. The van der Waals surface area contributed by atoms with Crippen molar-refractivity contribution in [3.63, 3.8) is 0 Å². The van der Waals surface area contributed by atoms with Crippen molar-refractivity contribution >= 4 is 28.6 Å². The van der Waals surface area contributed by atoms with Gasteiger partial charge in [0.05, 0.1) is 11.3 Å². The maximum Gasteiger partial charge on any atom is 0.277 e. The molecule has 0 aliphatic heterocycles. The third-order valence-electron chi connectivity index (χ3n) is 4.68. The van der Waals surface area contributed by atoms with E-state index in [0.29, 0.717) is 17.7 Å². The molecule has 2 aromatic heterocycles. The summed E-state index contributed by atoms with van der Waals surface area (Å²) in [7, 11) is 0. The average molecular weight is 407 g/mol. The Morgan fingerprint density at radius 3 is 2.66 bits per heavy atom. The van der Waals surface area contributed by atoms with Crippen LogP contribution in [0.4, 0.5) is 0 Å². The molecule has 0 unspecified atom stereocenters. The van der Waals surface area contributed by atoms with Gasteiger partial charge in [-0.05, 0) is 25.5 Å². The zero-order valence-electron chi connectivity index (χ0n) is 16.3. The lowest BCUT2D eigenvalue weighted by molar-refractivity contribution is -0.130. The molecule has 4 aromatic rings. The lowest BCUT2D eigenvalue weighted by atomic mass is 10.2. The molecule has 6 nitrogen and oxygen atoms in total. The highest BCUT2D eigenvalue weighted by Gasteiger charge is 2.19. The maximum absolute atomic E-state index is 12.8. The molecule has 0 fully saturated rings. The zero-order valence-corrected chi connectivity index (χ0v) is 17.1. The molecule has 29 heavy (non-hydrogen) atoms. The Morgan fingerprint density at radius 1 is 1.10 bits per heavy atom. The van der Waals surface area contributed by atoms with Crippen LogP contribution < -0.4 is 0 Å². The fourth-order valence-electron chi connectivity index (χ4n) is 3.17. The summed E-state index contributed by atoms with van der Waals surface area (Å²) in [5.41, 5.74) is 2.98. The zero-order chi connectivity index (χ0) is 20.2. The van der Waals surface area contributed by atoms with Gasteiger partial charge in [-0.15, -0.1) is 10.2 Å². The highest BCUT2D eigenvalue weighted by atomic mass is 32.2. The molecular formula is C22H22N4O2S. The minimum absolute atomic E-state index is 0.0423. The summed E-state index contributed by atoms with van der Waals surface area (Å²) in [4.78, 5) is 17.8. The van der Waals surface area contributed by atoms with Crippen LogP contribution in [0.15, 0.2) is 70.4 Å². The number of rotatable bonds is 7. The fourth-order valence-corrected chi connectivity index (χ4v) is 3.82. The van der Waals surface area contributed by atoms with E-state index >= 15 is 0 Å². The number of fused-ring (bicyclic) bond motifs is 1. The number of aromatic nitrogens is 3. The van der Waals surface area contributed by atoms with Gasteiger partial charge in [0.1, 0.15) is 0 Å². The van der Waals surface area contributed by atoms with Crippen LogP contribution in [0.1, 0.15) is 19.4 Å². The van der Waals surface area contributed by atoms with Crippen molar-refractivity contribution in [1.29, 1.82) is 0 Å². The number of carbonyl (C=O) groups is 1. The first kappa shape index (κ1) is 19.3. The highest BCUT2D eigenvalue weighted by molar-refractivity contribution is 7.99. The van der Waals surface area contributed by atoms with E-state index in [2.05, 4.69) is 15.2 Å². The van der Waals surface area contributed by atoms with Gasteiger partial charge >= 0.3 is 0 Å². The molecule has 0 bridgehead atoms. The Bertz CT molecular complexity index is 1100. The molecule has 0 saturated heterocycles. The molecule has 0 aliphatic rings. The molecule has 4 rings (SSSR count). The Kier molecular flexibility index (Phi) is 5.67. The van der Waals surface area contributed by atoms with Crippen molar-refractivity contribution < 1.29 is 9.21 Å². The molecule has 0 atom stereocenters. The number of nitrogens with one attached hydrogen (secondary N) is 1. The van der Waals surface area contributed by atoms with E-state index in [9.17, 15) is 4.79 Å². The summed E-state index contributed by atoms with van der Waals surface area (Å²) in [5.74, 6) is 0.740. The molecular weight excluding hydrogens is 384 g/mol. The van der Waals surface area contributed by atoms with Gasteiger partial charge in [0.15, 0.2) is 0 Å². The van der Waals surface area contributed by atoms with Crippen molar-refractivity contribution in [1.82, 2.24) is 20.1 Å². The minimum atomic E-state index is 0.0423. The highest BCUT2D eigenvalue weighted by Crippen LogP contribution is 2.29. The van der Waals surface area contributed by atoms with Crippen LogP contribution in [0.3, 0.4) is 0 Å². The first-order valence-electron chi connectivity index (χ1n) is 9.48. The molecule has 2 heterocycles. The Hall–Kier alpha value is -3.06. The van der Waals surface area contributed by atoms with Crippen LogP contribution in [0.25, 0.3) is 22.4 Å². The lowest BCUT2D eigenvalue weighted by Crippen LogP contribution is -2.37. The standard InChI is InChI=1S/C22H22N4O2S/c1-15(2)26(13-16-8-4-3-5-9-16)20(27)14-29-22-25-24-21(28-22)18-12-23-19-11-7-6-10-17(18)19/h3-12,15,23H,13-14H2,1-2H3. The van der Waals surface area contributed by atoms with Gasteiger partial charge in [0.25, 0.3) is 11.1 Å². The van der Waals surface area contributed by atoms with Gasteiger partial charge in [0, 0.05) is 29.7 Å². The molecule has 2 aromatic carbocycles. The van der Waals surface area contributed by atoms with Crippen LogP contribution in [0.5, 0.6) is 0 Å². The second kappa shape index (κ2) is 8.53. The van der Waals surface area contributed by atoms with Gasteiger partial charge in [-0.25, -0.2) is 0 Å². The summed E-state index contributed by atoms with van der Waals surface area (Å²) in [6, 6.07) is 18.0. The van der Waals surface area contributed by atoms with E-state index in [1.165, 1.54) is 11.8 Å². The number of carbonyl (C=O) groups excluding carboxylic acids is 1. The quantitative estimate of drug-likeness (QED) is 0.448. The lowest BCUT2D eigenvalue weighted by Gasteiger charge is -2.26. The van der Waals surface area contributed by atoms with Crippen LogP contribution in [-0.4, -0.2) is 37.8 Å². The summed E-state index contributed by atoms with van der Waals surface area (Å²) >= 11 is 1.27. The molecule has 0 spiro atoms. The number of H-pyrrole nitrogens is 1. The second-order valence-corrected chi connectivity index (χ2v) is 7.94. The summed E-state index contributed by atoms with van der Waals surface area (Å²) < 4.78 is 5.80. The SMILES string of the molecule is CC(C)N(Cc1ccccc1)C(=O)CSc1nnc(-c2c[nH]c3ccccc23)o1. The van der Waals surface area contributed by atoms with E-state index in [1.807, 2.05) is 79.5 Å². The molecule has 0 saturated carbocycles. The molecule has 148 valence electrons. The number of benzene rings is 2. The number of amides is 1. The van der Waals surface area contributed by atoms with Gasteiger partial charge in [-0.3, -0.25) is 4.79 Å². The molecule has 7 heteroatoms. The van der Waals surface area contributed by atoms with E-state index in [4.69, 9.17) is 4.42 Å². The van der Waals surface area contributed by atoms with E-state index in [1.54, 1.807) is 0 Å². The van der Waals surface area contributed by atoms with E-state index < -0.39 is 0 Å². The van der Waals surface area contributed by atoms with Crippen molar-refractivity contribution in [2.24, 2.45) is 0 Å². The van der Waals surface area contributed by atoms with Crippen molar-refractivity contribution in [3.05, 3.63) is 66.4 Å². The van der Waals surface area contributed by atoms with Gasteiger partial charge < -0.3 is 14.3 Å². The number of para-hydroxylation sites is 1. The Labute approximate surface area is 173 Å². The third kappa shape index (κ3) is 4.35. The first-order chi connectivity index (χ1) is 14.1. The summed E-state index contributed by atoms with van der Waals surface area (Å²) in [6.45, 7) is 4.63. The first-order valence-corrected chi connectivity index (χ1v) is 10.5. The monoisotopic (exact) mass is 406 g/mol. The third-order valence-corrected chi connectivity index (χ3v) is 5.49. The number of aromatic amines is 1. The Balaban J connectivity index is 1.43. The molecule has 1 amide bonds. The smallest absolute Gasteiger partial charge is 0.277 e. The van der Waals surface area contributed by atoms with Gasteiger partial charge in [0.2, 0.25) is 5.91 Å². The predicted molar refractivity (Wildman–Crippen MR) is 114 cm³/mol. The average Bonchev–Trinajstić information content (AvgIpc) is 3.37. The fraction of sp³-hybridized carbons (Fsp3) is 0.227. The van der Waals surface area contributed by atoms with E-state index in [0.717, 1.165) is 22.0 Å². The number of nitrogens with zero attached hydrogens (tertiary/aromatic N) is 3. The van der Waals surface area contributed by atoms with Crippen molar-refractivity contribution in [2.45, 2.75) is 31.7 Å². The second-order valence-electron chi connectivity index (χ2n) is 7.01. The topological polar surface area (TPSA) is 75.0 Å². The van der Waals surface area contributed by atoms with Crippen molar-refractivity contribution in [3.8, 4) is 11.5 Å². The molecule has 0 aliphatic carbocycles. The normalized spacial score (nSPS) is 11.3.